The highest BCUT2D eigenvalue weighted by Crippen LogP contribution is 2.57. The number of rotatable bonds is 2. The van der Waals surface area contributed by atoms with E-state index < -0.39 is 47.7 Å². The number of ether oxygens (including phenoxy) is 2. The molecule has 2 N–H and O–H groups in total. The van der Waals surface area contributed by atoms with Gasteiger partial charge in [-0.15, -0.1) is 0 Å². The molecule has 0 unspecified atom stereocenters. The minimum Gasteiger partial charge on any atom is -0.458 e. The van der Waals surface area contributed by atoms with Crippen molar-refractivity contribution >= 4 is 11.9 Å². The first-order chi connectivity index (χ1) is 11.6. The number of carbonyl (C=O) groups is 2. The van der Waals surface area contributed by atoms with Gasteiger partial charge in [0.05, 0.1) is 12.0 Å². The van der Waals surface area contributed by atoms with Gasteiger partial charge in [0.15, 0.2) is 0 Å². The Kier molecular flexibility index (Phi) is 4.16. The van der Waals surface area contributed by atoms with E-state index in [0.717, 1.165) is 5.57 Å². The topological polar surface area (TPSA) is 93.1 Å². The third-order valence-corrected chi connectivity index (χ3v) is 5.83. The molecule has 25 heavy (non-hydrogen) atoms. The lowest BCUT2D eigenvalue weighted by Crippen LogP contribution is -2.60. The summed E-state index contributed by atoms with van der Waals surface area (Å²) in [5.74, 6) is -1.87. The number of fused-ring (bicyclic) bond motifs is 3. The van der Waals surface area contributed by atoms with Crippen molar-refractivity contribution in [2.75, 3.05) is 0 Å². The second kappa shape index (κ2) is 5.81. The highest BCUT2D eigenvalue weighted by Gasteiger charge is 2.63. The van der Waals surface area contributed by atoms with Crippen molar-refractivity contribution in [2.45, 2.75) is 51.6 Å². The quantitative estimate of drug-likeness (QED) is 0.444. The summed E-state index contributed by atoms with van der Waals surface area (Å²) in [6.07, 6.45) is -1.43. The molecule has 136 valence electrons. The summed E-state index contributed by atoms with van der Waals surface area (Å²) in [6.45, 7) is 12.6. The lowest BCUT2D eigenvalue weighted by Gasteiger charge is -2.54. The van der Waals surface area contributed by atoms with Crippen LogP contribution < -0.4 is 0 Å². The zero-order valence-electron chi connectivity index (χ0n) is 14.7. The SMILES string of the molecule is C=C(C)C(=O)O[C@H]1[C@H](O)C=C(C)[C@@H]2[C@H]3OC(=O)C(=C)[C@@H]3[C@@H](O)C[C@]21C. The smallest absolute Gasteiger partial charge is 0.334 e. The summed E-state index contributed by atoms with van der Waals surface area (Å²) in [6, 6.07) is 0. The molecule has 0 aromatic carbocycles. The van der Waals surface area contributed by atoms with Crippen molar-refractivity contribution in [1.29, 1.82) is 0 Å². The van der Waals surface area contributed by atoms with Gasteiger partial charge in [0.25, 0.3) is 0 Å². The Hall–Kier alpha value is -1.92. The Bertz CT molecular complexity index is 692. The third-order valence-electron chi connectivity index (χ3n) is 5.83. The number of aliphatic hydroxyl groups excluding tert-OH is 2. The molecule has 1 aliphatic heterocycles. The van der Waals surface area contributed by atoms with E-state index in [2.05, 4.69) is 13.2 Å². The minimum atomic E-state index is -1.01. The molecule has 3 aliphatic rings. The van der Waals surface area contributed by atoms with E-state index in [1.165, 1.54) is 6.92 Å². The maximum Gasteiger partial charge on any atom is 0.334 e. The van der Waals surface area contributed by atoms with E-state index in [4.69, 9.17) is 9.47 Å². The number of carbonyl (C=O) groups excluding carboxylic acids is 2. The van der Waals surface area contributed by atoms with Crippen LogP contribution in [0.4, 0.5) is 0 Å². The molecule has 0 aromatic rings. The normalized spacial score (nSPS) is 42.8. The molecular weight excluding hydrogens is 324 g/mol. The summed E-state index contributed by atoms with van der Waals surface area (Å²) in [7, 11) is 0. The van der Waals surface area contributed by atoms with E-state index in [-0.39, 0.29) is 23.5 Å². The van der Waals surface area contributed by atoms with Crippen LogP contribution in [0.2, 0.25) is 0 Å². The molecule has 0 aromatic heterocycles. The van der Waals surface area contributed by atoms with Crippen LogP contribution in [-0.4, -0.2) is 46.6 Å². The van der Waals surface area contributed by atoms with E-state index in [1.54, 1.807) is 6.08 Å². The van der Waals surface area contributed by atoms with Crippen LogP contribution in [0.5, 0.6) is 0 Å². The lowest BCUT2D eigenvalue weighted by molar-refractivity contribution is -0.188. The fourth-order valence-electron chi connectivity index (χ4n) is 4.76. The highest BCUT2D eigenvalue weighted by molar-refractivity contribution is 5.91. The maximum absolute atomic E-state index is 12.1. The van der Waals surface area contributed by atoms with Gasteiger partial charge in [0.2, 0.25) is 0 Å². The average molecular weight is 348 g/mol. The minimum absolute atomic E-state index is 0.230. The average Bonchev–Trinajstić information content (AvgIpc) is 2.78. The van der Waals surface area contributed by atoms with Gasteiger partial charge in [-0.2, -0.15) is 0 Å². The standard InChI is InChI=1S/C19H24O6/c1-8(2)17(22)25-16-11(20)6-9(3)14-15-13(10(4)18(23)24-15)12(21)7-19(14,16)5/h6,11-16,20-21H,1,4,7H2,2-3,5H3/t11-,12+,13-,14-,15+,16+,19-/m1/s1. The molecule has 0 spiro atoms. The Morgan fingerprint density at radius 3 is 2.68 bits per heavy atom. The molecule has 7 atom stereocenters. The molecule has 6 nitrogen and oxygen atoms in total. The van der Waals surface area contributed by atoms with Gasteiger partial charge in [-0.05, 0) is 20.3 Å². The Balaban J connectivity index is 2.04. The third kappa shape index (κ3) is 2.55. The van der Waals surface area contributed by atoms with Crippen LogP contribution in [0.15, 0.2) is 36.0 Å². The van der Waals surface area contributed by atoms with Gasteiger partial charge in [0, 0.05) is 22.5 Å². The van der Waals surface area contributed by atoms with Crippen molar-refractivity contribution in [1.82, 2.24) is 0 Å². The van der Waals surface area contributed by atoms with Crippen LogP contribution in [0.3, 0.4) is 0 Å². The second-order valence-corrected chi connectivity index (χ2v) is 7.68. The van der Waals surface area contributed by atoms with Crippen molar-refractivity contribution in [2.24, 2.45) is 17.3 Å². The Morgan fingerprint density at radius 2 is 2.08 bits per heavy atom. The molecule has 3 rings (SSSR count). The van der Waals surface area contributed by atoms with Crippen molar-refractivity contribution < 1.29 is 29.3 Å². The first kappa shape index (κ1) is 17.9. The summed E-state index contributed by atoms with van der Waals surface area (Å²) in [4.78, 5) is 24.0. The number of aliphatic hydroxyl groups is 2. The highest BCUT2D eigenvalue weighted by atomic mass is 16.6. The van der Waals surface area contributed by atoms with Crippen molar-refractivity contribution in [3.05, 3.63) is 36.0 Å². The summed E-state index contributed by atoms with van der Waals surface area (Å²) in [5, 5.41) is 21.2. The predicted octanol–water partition coefficient (Wildman–Crippen LogP) is 1.28. The number of esters is 2. The molecule has 2 fully saturated rings. The van der Waals surface area contributed by atoms with Gasteiger partial charge in [-0.25, -0.2) is 9.59 Å². The van der Waals surface area contributed by atoms with E-state index in [1.807, 2.05) is 13.8 Å². The molecule has 6 heteroatoms. The molecule has 1 heterocycles. The maximum atomic E-state index is 12.1. The van der Waals surface area contributed by atoms with E-state index in [9.17, 15) is 19.8 Å². The predicted molar refractivity (Wildman–Crippen MR) is 89.2 cm³/mol. The monoisotopic (exact) mass is 348 g/mol. The molecule has 1 saturated carbocycles. The second-order valence-electron chi connectivity index (χ2n) is 7.68. The number of hydrogen-bond donors (Lipinski definition) is 2. The van der Waals surface area contributed by atoms with Crippen LogP contribution >= 0.6 is 0 Å². The van der Waals surface area contributed by atoms with Gasteiger partial charge < -0.3 is 19.7 Å². The Morgan fingerprint density at radius 1 is 1.44 bits per heavy atom. The largest absolute Gasteiger partial charge is 0.458 e. The van der Waals surface area contributed by atoms with Crippen molar-refractivity contribution in [3.8, 4) is 0 Å². The summed E-state index contributed by atoms with van der Waals surface area (Å²) < 4.78 is 11.0. The van der Waals surface area contributed by atoms with Gasteiger partial charge >= 0.3 is 11.9 Å². The van der Waals surface area contributed by atoms with Gasteiger partial charge in [0.1, 0.15) is 18.3 Å². The molecular formula is C19H24O6. The van der Waals surface area contributed by atoms with Crippen LogP contribution in [0, 0.1) is 17.3 Å². The molecule has 0 bridgehead atoms. The molecule has 1 saturated heterocycles. The van der Waals surface area contributed by atoms with E-state index in [0.29, 0.717) is 0 Å². The lowest BCUT2D eigenvalue weighted by atomic mass is 9.54. The van der Waals surface area contributed by atoms with Gasteiger partial charge in [-0.3, -0.25) is 0 Å². The van der Waals surface area contributed by atoms with Crippen molar-refractivity contribution in [3.63, 3.8) is 0 Å². The Labute approximate surface area is 146 Å². The number of hydrogen-bond acceptors (Lipinski definition) is 6. The fourth-order valence-corrected chi connectivity index (χ4v) is 4.76. The van der Waals surface area contributed by atoms with E-state index >= 15 is 0 Å². The molecule has 0 radical (unpaired) electrons. The van der Waals surface area contributed by atoms with Crippen LogP contribution in [0.1, 0.15) is 27.2 Å². The zero-order valence-corrected chi connectivity index (χ0v) is 14.7. The fraction of sp³-hybridized carbons (Fsp3) is 0.579. The van der Waals surface area contributed by atoms with Crippen LogP contribution in [-0.2, 0) is 19.1 Å². The van der Waals surface area contributed by atoms with Crippen LogP contribution in [0.25, 0.3) is 0 Å². The molecule has 2 aliphatic carbocycles. The summed E-state index contributed by atoms with van der Waals surface area (Å²) in [5.41, 5.74) is 0.569. The van der Waals surface area contributed by atoms with Gasteiger partial charge in [-0.1, -0.05) is 31.7 Å². The molecule has 0 amide bonds. The first-order valence-corrected chi connectivity index (χ1v) is 8.38. The summed E-state index contributed by atoms with van der Waals surface area (Å²) >= 11 is 0. The first-order valence-electron chi connectivity index (χ1n) is 8.38. The zero-order chi connectivity index (χ0) is 18.7.